The van der Waals surface area contributed by atoms with Crippen LogP contribution in [0.25, 0.3) is 0 Å². The van der Waals surface area contributed by atoms with Gasteiger partial charge in [0.1, 0.15) is 11.5 Å². The Balaban J connectivity index is 1.92. The summed E-state index contributed by atoms with van der Waals surface area (Å²) in [6.07, 6.45) is -4.62. The van der Waals surface area contributed by atoms with E-state index in [1.54, 1.807) is 0 Å². The summed E-state index contributed by atoms with van der Waals surface area (Å²) in [6, 6.07) is 0.885. The predicted octanol–water partition coefficient (Wildman–Crippen LogP) is 0.775. The molecule has 0 aromatic carbocycles. The Kier molecular flexibility index (Phi) is 5.76. The number of piperidine rings is 1. The molecule has 2 N–H and O–H groups in total. The quantitative estimate of drug-likeness (QED) is 0.842. The number of alkyl halides is 3. The van der Waals surface area contributed by atoms with Gasteiger partial charge in [0.15, 0.2) is 0 Å². The van der Waals surface area contributed by atoms with Crippen LogP contribution in [-0.2, 0) is 17.4 Å². The molecule has 0 bridgehead atoms. The molecule has 2 rings (SSSR count). The summed E-state index contributed by atoms with van der Waals surface area (Å²) in [5, 5.41) is 12.5. The van der Waals surface area contributed by atoms with Crippen LogP contribution in [0.4, 0.5) is 13.2 Å². The first-order valence-corrected chi connectivity index (χ1v) is 7.73. The number of nitrogens with zero attached hydrogens (tertiary/aromatic N) is 3. The van der Waals surface area contributed by atoms with Gasteiger partial charge in [0.2, 0.25) is 5.91 Å². The van der Waals surface area contributed by atoms with E-state index in [1.807, 2.05) is 11.9 Å². The number of rotatable bonds is 4. The van der Waals surface area contributed by atoms with Crippen LogP contribution in [0.1, 0.15) is 23.6 Å². The van der Waals surface area contributed by atoms with Crippen LogP contribution in [0.5, 0.6) is 0 Å². The van der Waals surface area contributed by atoms with E-state index in [-0.39, 0.29) is 30.4 Å². The first-order valence-electron chi connectivity index (χ1n) is 7.73. The lowest BCUT2D eigenvalue weighted by atomic mass is 9.94. The number of carbonyl (C=O) groups excluding carboxylic acids is 1. The minimum atomic E-state index is -4.53. The standard InChI is InChI=1S/C15H21F3N4O2/c1-9-7-12(15(16,17)18)21-13(20-9)3-5-19-14(24)10-8-22(2)6-4-11(10)23/h7,10-11,23H,3-6,8H2,1-2H3,(H,19,24)/t10-,11-/m1/s1. The maximum atomic E-state index is 12.7. The van der Waals surface area contributed by atoms with Crippen molar-refractivity contribution in [1.82, 2.24) is 20.2 Å². The van der Waals surface area contributed by atoms with Gasteiger partial charge in [-0.1, -0.05) is 0 Å². The normalized spacial score (nSPS) is 22.4. The summed E-state index contributed by atoms with van der Waals surface area (Å²) in [5.74, 6) is -0.811. The summed E-state index contributed by atoms with van der Waals surface area (Å²) in [6.45, 7) is 2.76. The van der Waals surface area contributed by atoms with Crippen molar-refractivity contribution < 1.29 is 23.1 Å². The highest BCUT2D eigenvalue weighted by atomic mass is 19.4. The van der Waals surface area contributed by atoms with Crippen LogP contribution in [0.3, 0.4) is 0 Å². The van der Waals surface area contributed by atoms with E-state index >= 15 is 0 Å². The van der Waals surface area contributed by atoms with E-state index in [4.69, 9.17) is 0 Å². The minimum Gasteiger partial charge on any atom is -0.392 e. The second-order valence-electron chi connectivity index (χ2n) is 6.07. The molecular formula is C15H21F3N4O2. The fourth-order valence-corrected chi connectivity index (χ4v) is 2.68. The molecule has 0 saturated carbocycles. The lowest BCUT2D eigenvalue weighted by Gasteiger charge is -2.32. The molecular weight excluding hydrogens is 325 g/mol. The zero-order valence-electron chi connectivity index (χ0n) is 13.6. The Morgan fingerprint density at radius 3 is 2.83 bits per heavy atom. The van der Waals surface area contributed by atoms with Gasteiger partial charge in [-0.3, -0.25) is 4.79 Å². The van der Waals surface area contributed by atoms with Crippen molar-refractivity contribution in [3.05, 3.63) is 23.3 Å². The fourth-order valence-electron chi connectivity index (χ4n) is 2.68. The number of aryl methyl sites for hydroxylation is 1. The molecule has 2 atom stereocenters. The number of hydrogen-bond donors (Lipinski definition) is 2. The molecule has 0 aliphatic carbocycles. The highest BCUT2D eigenvalue weighted by molar-refractivity contribution is 5.79. The summed E-state index contributed by atoms with van der Waals surface area (Å²) < 4.78 is 38.2. The van der Waals surface area contributed by atoms with E-state index in [1.165, 1.54) is 6.92 Å². The average Bonchev–Trinajstić information content (AvgIpc) is 2.48. The summed E-state index contributed by atoms with van der Waals surface area (Å²) >= 11 is 0. The smallest absolute Gasteiger partial charge is 0.392 e. The summed E-state index contributed by atoms with van der Waals surface area (Å²) in [4.78, 5) is 21.5. The van der Waals surface area contributed by atoms with Crippen molar-refractivity contribution in [2.75, 3.05) is 26.7 Å². The number of amides is 1. The van der Waals surface area contributed by atoms with Crippen molar-refractivity contribution in [1.29, 1.82) is 0 Å². The van der Waals surface area contributed by atoms with E-state index in [2.05, 4.69) is 15.3 Å². The molecule has 134 valence electrons. The van der Waals surface area contributed by atoms with Gasteiger partial charge >= 0.3 is 6.18 Å². The van der Waals surface area contributed by atoms with Crippen LogP contribution < -0.4 is 5.32 Å². The average molecular weight is 346 g/mol. The van der Waals surface area contributed by atoms with Crippen LogP contribution in [0.15, 0.2) is 6.07 Å². The highest BCUT2D eigenvalue weighted by Crippen LogP contribution is 2.27. The molecule has 2 heterocycles. The molecule has 1 aromatic rings. The van der Waals surface area contributed by atoms with Crippen LogP contribution in [0, 0.1) is 12.8 Å². The van der Waals surface area contributed by atoms with Gasteiger partial charge < -0.3 is 15.3 Å². The monoisotopic (exact) mass is 346 g/mol. The molecule has 6 nitrogen and oxygen atoms in total. The summed E-state index contributed by atoms with van der Waals surface area (Å²) in [7, 11) is 1.87. The Bertz CT molecular complexity index is 595. The molecule has 0 spiro atoms. The first-order chi connectivity index (χ1) is 11.2. The van der Waals surface area contributed by atoms with Gasteiger partial charge in [0, 0.05) is 31.7 Å². The third-order valence-corrected chi connectivity index (χ3v) is 3.95. The number of likely N-dealkylation sites (tertiary alicyclic amines) is 1. The lowest BCUT2D eigenvalue weighted by molar-refractivity contribution is -0.141. The van der Waals surface area contributed by atoms with Gasteiger partial charge in [0.25, 0.3) is 0 Å². The molecule has 1 aromatic heterocycles. The number of aromatic nitrogens is 2. The molecule has 1 aliphatic rings. The van der Waals surface area contributed by atoms with Gasteiger partial charge in [-0.15, -0.1) is 0 Å². The third kappa shape index (κ3) is 4.88. The Labute approximate surface area is 138 Å². The Morgan fingerprint density at radius 2 is 2.17 bits per heavy atom. The molecule has 1 saturated heterocycles. The molecule has 1 amide bonds. The number of hydrogen-bond acceptors (Lipinski definition) is 5. The molecule has 1 fully saturated rings. The largest absolute Gasteiger partial charge is 0.433 e. The summed E-state index contributed by atoms with van der Waals surface area (Å²) in [5.41, 5.74) is -0.761. The van der Waals surface area contributed by atoms with Crippen LogP contribution in [0.2, 0.25) is 0 Å². The number of nitrogens with one attached hydrogen (secondary N) is 1. The molecule has 0 radical (unpaired) electrons. The molecule has 0 unspecified atom stereocenters. The number of aliphatic hydroxyl groups is 1. The van der Waals surface area contributed by atoms with Gasteiger partial charge in [-0.05, 0) is 26.5 Å². The third-order valence-electron chi connectivity index (χ3n) is 3.95. The Morgan fingerprint density at radius 1 is 1.46 bits per heavy atom. The number of carbonyl (C=O) groups is 1. The topological polar surface area (TPSA) is 78.4 Å². The van der Waals surface area contributed by atoms with E-state index in [0.717, 1.165) is 12.6 Å². The lowest BCUT2D eigenvalue weighted by Crippen LogP contribution is -2.49. The highest BCUT2D eigenvalue weighted by Gasteiger charge is 2.33. The van der Waals surface area contributed by atoms with Crippen molar-refractivity contribution in [2.45, 2.75) is 32.0 Å². The van der Waals surface area contributed by atoms with Crippen molar-refractivity contribution in [3.63, 3.8) is 0 Å². The zero-order valence-corrected chi connectivity index (χ0v) is 13.6. The molecule has 9 heteroatoms. The maximum absolute atomic E-state index is 12.7. The van der Waals surface area contributed by atoms with E-state index in [9.17, 15) is 23.1 Å². The van der Waals surface area contributed by atoms with Crippen molar-refractivity contribution >= 4 is 5.91 Å². The van der Waals surface area contributed by atoms with E-state index in [0.29, 0.717) is 13.0 Å². The number of halogens is 3. The fraction of sp³-hybridized carbons (Fsp3) is 0.667. The van der Waals surface area contributed by atoms with Crippen molar-refractivity contribution in [3.8, 4) is 0 Å². The SMILES string of the molecule is Cc1cc(C(F)(F)F)nc(CCNC(=O)[C@@H]2CN(C)CC[C@H]2O)n1. The second-order valence-corrected chi connectivity index (χ2v) is 6.07. The second kappa shape index (κ2) is 7.43. The predicted molar refractivity (Wildman–Crippen MR) is 80.1 cm³/mol. The molecule has 24 heavy (non-hydrogen) atoms. The van der Waals surface area contributed by atoms with Crippen LogP contribution >= 0.6 is 0 Å². The van der Waals surface area contributed by atoms with Gasteiger partial charge in [-0.25, -0.2) is 9.97 Å². The van der Waals surface area contributed by atoms with Crippen molar-refractivity contribution in [2.24, 2.45) is 5.92 Å². The molecule has 1 aliphatic heterocycles. The number of aliphatic hydroxyl groups excluding tert-OH is 1. The first kappa shape index (κ1) is 18.6. The van der Waals surface area contributed by atoms with Gasteiger partial charge in [-0.2, -0.15) is 13.2 Å². The Hall–Kier alpha value is -1.74. The van der Waals surface area contributed by atoms with Gasteiger partial charge in [0.05, 0.1) is 12.0 Å². The maximum Gasteiger partial charge on any atom is 0.433 e. The van der Waals surface area contributed by atoms with E-state index < -0.39 is 23.9 Å². The van der Waals surface area contributed by atoms with Crippen LogP contribution in [-0.4, -0.2) is 58.7 Å². The zero-order chi connectivity index (χ0) is 17.9. The minimum absolute atomic E-state index is 0.0314.